The van der Waals surface area contributed by atoms with Crippen molar-refractivity contribution in [2.75, 3.05) is 13.2 Å². The van der Waals surface area contributed by atoms with E-state index in [0.717, 1.165) is 17.7 Å². The highest BCUT2D eigenvalue weighted by atomic mass is 16.5. The Kier molecular flexibility index (Phi) is 5.33. The number of aryl methyl sites for hydroxylation is 1. The summed E-state index contributed by atoms with van der Waals surface area (Å²) in [7, 11) is 0. The van der Waals surface area contributed by atoms with Gasteiger partial charge < -0.3 is 19.2 Å². The van der Waals surface area contributed by atoms with Crippen molar-refractivity contribution in [3.63, 3.8) is 0 Å². The predicted molar refractivity (Wildman–Crippen MR) is 107 cm³/mol. The molecule has 1 atom stereocenters. The average Bonchev–Trinajstić information content (AvgIpc) is 3.41. The van der Waals surface area contributed by atoms with Crippen LogP contribution in [-0.4, -0.2) is 40.1 Å². The summed E-state index contributed by atoms with van der Waals surface area (Å²) in [6.07, 6.45) is 5.82. The molecule has 0 spiro atoms. The van der Waals surface area contributed by atoms with Crippen LogP contribution in [0.25, 0.3) is 22.6 Å². The zero-order valence-corrected chi connectivity index (χ0v) is 16.8. The molecule has 4 rings (SSSR count). The van der Waals surface area contributed by atoms with E-state index in [9.17, 15) is 4.79 Å². The molecule has 0 radical (unpaired) electrons. The summed E-state index contributed by atoms with van der Waals surface area (Å²) in [4.78, 5) is 24.2. The van der Waals surface area contributed by atoms with Crippen LogP contribution in [0, 0.1) is 12.8 Å². The molecule has 8 heteroatoms. The summed E-state index contributed by atoms with van der Waals surface area (Å²) < 4.78 is 17.3. The summed E-state index contributed by atoms with van der Waals surface area (Å²) >= 11 is 0. The molecular weight excluding hydrogens is 372 g/mol. The van der Waals surface area contributed by atoms with Gasteiger partial charge in [0.25, 0.3) is 0 Å². The number of hydrogen-bond donors (Lipinski definition) is 1. The summed E-state index contributed by atoms with van der Waals surface area (Å²) in [6, 6.07) is 3.48. The fourth-order valence-electron chi connectivity index (χ4n) is 2.93. The highest BCUT2D eigenvalue weighted by Gasteiger charge is 2.22. The van der Waals surface area contributed by atoms with Crippen LogP contribution in [0.15, 0.2) is 28.9 Å². The minimum atomic E-state index is -0.121. The number of hydrogen-bond acceptors (Lipinski definition) is 7. The van der Waals surface area contributed by atoms with Gasteiger partial charge in [-0.1, -0.05) is 0 Å². The van der Waals surface area contributed by atoms with E-state index in [2.05, 4.69) is 20.3 Å². The lowest BCUT2D eigenvalue weighted by Gasteiger charge is -2.12. The van der Waals surface area contributed by atoms with Gasteiger partial charge in [0.15, 0.2) is 5.58 Å². The van der Waals surface area contributed by atoms with Crippen LogP contribution in [-0.2, 0) is 4.79 Å². The molecule has 3 aromatic heterocycles. The van der Waals surface area contributed by atoms with E-state index in [1.165, 1.54) is 19.8 Å². The van der Waals surface area contributed by atoms with Crippen LogP contribution in [0.3, 0.4) is 0 Å². The molecule has 3 heterocycles. The maximum Gasteiger partial charge on any atom is 0.229 e. The third-order valence-corrected chi connectivity index (χ3v) is 4.66. The topological polar surface area (TPSA) is 99.4 Å². The van der Waals surface area contributed by atoms with Gasteiger partial charge in [0.2, 0.25) is 23.6 Å². The molecular formula is C21H24N4O4. The fourth-order valence-corrected chi connectivity index (χ4v) is 2.93. The number of aromatic nitrogens is 3. The van der Waals surface area contributed by atoms with Gasteiger partial charge in [-0.05, 0) is 38.2 Å². The van der Waals surface area contributed by atoms with Gasteiger partial charge in [-0.3, -0.25) is 4.79 Å². The Morgan fingerprint density at radius 2 is 2.00 bits per heavy atom. The first kappa shape index (κ1) is 19.2. The van der Waals surface area contributed by atoms with E-state index in [4.69, 9.17) is 13.9 Å². The maximum atomic E-state index is 11.1. The standard InChI is InChI=1S/C21H24N4O4/c1-12-6-19(28-11-15-4-5-15)22-8-16(12)21-25-17-9-23-20(7-18(17)29-21)27-10-13(2)24-14(3)26/h6-9,13,15H,4-5,10-11H2,1-3H3,(H,24,26)/t13-/m0/s1. The minimum absolute atomic E-state index is 0.0997. The lowest BCUT2D eigenvalue weighted by Crippen LogP contribution is -2.35. The molecule has 1 N–H and O–H groups in total. The molecule has 0 saturated heterocycles. The second-order valence-electron chi connectivity index (χ2n) is 7.51. The van der Waals surface area contributed by atoms with E-state index < -0.39 is 0 Å². The quantitative estimate of drug-likeness (QED) is 0.624. The van der Waals surface area contributed by atoms with E-state index in [1.807, 2.05) is 19.9 Å². The summed E-state index contributed by atoms with van der Waals surface area (Å²) in [5.41, 5.74) is 2.99. The second-order valence-corrected chi connectivity index (χ2v) is 7.51. The monoisotopic (exact) mass is 396 g/mol. The molecule has 8 nitrogen and oxygen atoms in total. The number of fused-ring (bicyclic) bond motifs is 1. The fraction of sp³-hybridized carbons (Fsp3) is 0.429. The lowest BCUT2D eigenvalue weighted by atomic mass is 10.1. The van der Waals surface area contributed by atoms with Crippen molar-refractivity contribution in [2.45, 2.75) is 39.7 Å². The highest BCUT2D eigenvalue weighted by Crippen LogP contribution is 2.31. The number of ether oxygens (including phenoxy) is 2. The number of pyridine rings is 2. The smallest absolute Gasteiger partial charge is 0.229 e. The molecule has 1 amide bonds. The van der Waals surface area contributed by atoms with Crippen LogP contribution < -0.4 is 14.8 Å². The predicted octanol–water partition coefficient (Wildman–Crippen LogP) is 3.29. The van der Waals surface area contributed by atoms with Gasteiger partial charge in [0.05, 0.1) is 24.4 Å². The lowest BCUT2D eigenvalue weighted by molar-refractivity contribution is -0.119. The normalized spacial score (nSPS) is 14.6. The maximum absolute atomic E-state index is 11.1. The zero-order chi connectivity index (χ0) is 20.4. The Morgan fingerprint density at radius 3 is 2.72 bits per heavy atom. The van der Waals surface area contributed by atoms with E-state index >= 15 is 0 Å². The number of oxazole rings is 1. The highest BCUT2D eigenvalue weighted by molar-refractivity contribution is 5.76. The molecule has 1 aliphatic carbocycles. The SMILES string of the molecule is CC(=O)N[C@@H](C)COc1cc2oc(-c3cnc(OCC4CC4)cc3C)nc2cn1. The zero-order valence-electron chi connectivity index (χ0n) is 16.8. The second kappa shape index (κ2) is 8.06. The van der Waals surface area contributed by atoms with Gasteiger partial charge in [-0.25, -0.2) is 15.0 Å². The summed E-state index contributed by atoms with van der Waals surface area (Å²) in [6.45, 7) is 6.35. The van der Waals surface area contributed by atoms with Crippen LogP contribution in [0.4, 0.5) is 0 Å². The van der Waals surface area contributed by atoms with E-state index in [1.54, 1.807) is 18.5 Å². The Bertz CT molecular complexity index is 1030. The number of nitrogens with zero attached hydrogens (tertiary/aromatic N) is 3. The molecule has 0 bridgehead atoms. The Morgan fingerprint density at radius 1 is 1.24 bits per heavy atom. The third-order valence-electron chi connectivity index (χ3n) is 4.66. The molecule has 152 valence electrons. The Hall–Kier alpha value is -3.16. The van der Waals surface area contributed by atoms with Crippen molar-refractivity contribution in [1.82, 2.24) is 20.3 Å². The number of amides is 1. The molecule has 29 heavy (non-hydrogen) atoms. The summed E-state index contributed by atoms with van der Waals surface area (Å²) in [5, 5.41) is 2.76. The van der Waals surface area contributed by atoms with Gasteiger partial charge in [-0.2, -0.15) is 0 Å². The van der Waals surface area contributed by atoms with Crippen LogP contribution in [0.1, 0.15) is 32.3 Å². The Labute approximate surface area is 168 Å². The molecule has 0 aromatic carbocycles. The van der Waals surface area contributed by atoms with Crippen molar-refractivity contribution in [1.29, 1.82) is 0 Å². The van der Waals surface area contributed by atoms with Crippen molar-refractivity contribution in [2.24, 2.45) is 5.92 Å². The van der Waals surface area contributed by atoms with Crippen molar-refractivity contribution in [3.05, 3.63) is 30.1 Å². The van der Waals surface area contributed by atoms with Crippen LogP contribution >= 0.6 is 0 Å². The van der Waals surface area contributed by atoms with Gasteiger partial charge in [-0.15, -0.1) is 0 Å². The van der Waals surface area contributed by atoms with E-state index in [-0.39, 0.29) is 11.9 Å². The molecule has 0 aliphatic heterocycles. The minimum Gasteiger partial charge on any atom is -0.477 e. The van der Waals surface area contributed by atoms with Crippen molar-refractivity contribution < 1.29 is 18.7 Å². The first-order valence-corrected chi connectivity index (χ1v) is 9.74. The van der Waals surface area contributed by atoms with Gasteiger partial charge >= 0.3 is 0 Å². The first-order valence-electron chi connectivity index (χ1n) is 9.74. The van der Waals surface area contributed by atoms with Gasteiger partial charge in [0.1, 0.15) is 12.1 Å². The number of carbonyl (C=O) groups excluding carboxylic acids is 1. The number of rotatable bonds is 8. The van der Waals surface area contributed by atoms with Crippen molar-refractivity contribution >= 4 is 17.0 Å². The third kappa shape index (κ3) is 4.82. The largest absolute Gasteiger partial charge is 0.477 e. The van der Waals surface area contributed by atoms with Gasteiger partial charge in [0, 0.05) is 25.3 Å². The van der Waals surface area contributed by atoms with Crippen molar-refractivity contribution in [3.8, 4) is 23.2 Å². The molecule has 1 aliphatic rings. The van der Waals surface area contributed by atoms with Crippen LogP contribution in [0.2, 0.25) is 0 Å². The van der Waals surface area contributed by atoms with E-state index in [0.29, 0.717) is 41.3 Å². The number of carbonyl (C=O) groups is 1. The molecule has 1 saturated carbocycles. The first-order chi connectivity index (χ1) is 14.0. The number of nitrogens with one attached hydrogen (secondary N) is 1. The van der Waals surface area contributed by atoms with Crippen LogP contribution in [0.5, 0.6) is 11.8 Å². The average molecular weight is 396 g/mol. The molecule has 1 fully saturated rings. The Balaban J connectivity index is 1.47. The summed E-state index contributed by atoms with van der Waals surface area (Å²) in [5.74, 6) is 2.09. The molecule has 3 aromatic rings. The molecule has 0 unspecified atom stereocenters.